The van der Waals surface area contributed by atoms with Crippen molar-refractivity contribution in [2.75, 3.05) is 33.4 Å². The molecule has 3 aromatic rings. The zero-order valence-corrected chi connectivity index (χ0v) is 48.7. The Morgan fingerprint density at radius 3 is 2.12 bits per heavy atom. The Bertz CT molecular complexity index is 3060. The van der Waals surface area contributed by atoms with Gasteiger partial charge < -0.3 is 76.5 Å². The van der Waals surface area contributed by atoms with Crippen LogP contribution in [-0.2, 0) is 60.7 Å². The second-order valence-corrected chi connectivity index (χ2v) is 23.0. The van der Waals surface area contributed by atoms with Crippen LogP contribution in [0.25, 0.3) is 0 Å². The molecule has 2 fully saturated rings. The molecule has 0 radical (unpaired) electrons. The molecule has 25 heteroatoms. The first kappa shape index (κ1) is 64.7. The topological polar surface area (TPSA) is 375 Å². The van der Waals surface area contributed by atoms with Gasteiger partial charge in [0.15, 0.2) is 17.9 Å². The fourth-order valence-electron chi connectivity index (χ4n) is 11.5. The number of aromatic hydroxyl groups is 2. The summed E-state index contributed by atoms with van der Waals surface area (Å²) in [6, 6.07) is 7.60. The molecule has 0 aromatic heterocycles. The molecule has 2 aliphatic heterocycles. The van der Waals surface area contributed by atoms with Crippen LogP contribution >= 0.6 is 0 Å². The van der Waals surface area contributed by atoms with E-state index in [1.165, 1.54) is 44.1 Å². The van der Waals surface area contributed by atoms with Crippen LogP contribution in [0.5, 0.6) is 17.2 Å². The zero-order chi connectivity index (χ0) is 62.2. The molecular formula is C60H77N7O18. The number of hydrogen-bond donors (Lipinski definition) is 11. The van der Waals surface area contributed by atoms with E-state index in [0.717, 1.165) is 5.56 Å². The van der Waals surface area contributed by atoms with E-state index in [1.807, 2.05) is 32.0 Å². The standard InChI is InChI=1S/C60H77N7O18/c1-29(2)21-38(66-59(81)40-16-12-20-67(40)45(72)27-61-32(6)69)56(78)62-26-44(71)63-36(19-18-33-13-9-8-10-14-33)57(79)65-39(22-30(3)4)58(80)64-37-23-46(84-31(5)51(37)73)85-42-25-60(82,43(70)28-68)24-35-48(42)55(77)50-49(53(35)75)52(74)34-15-11-17-41(83-7)47(34)54(50)76/h8-11,13-15,17,29-31,36-40,42,46,51,68,73,75,77,82H,12,16,18-28H2,1-7H3,(H,61,69)(H,62,78)(H,63,71)(H,64,80)(H,65,79)(H,66,81)/t31-,36-,37-,38-,39-,40-,42-,46-,51+,60-/m0/s1. The number of methoxy groups -OCH3 is 1. The number of benzene rings is 3. The number of nitrogens with zero attached hydrogens (tertiary/aromatic N) is 1. The minimum atomic E-state index is -2.45. The number of rotatable bonds is 24. The molecule has 25 nitrogen and oxygen atoms in total. The van der Waals surface area contributed by atoms with Gasteiger partial charge in [0.05, 0.1) is 55.1 Å². The highest BCUT2D eigenvalue weighted by atomic mass is 16.7. The third-order valence-corrected chi connectivity index (χ3v) is 15.8. The number of phenolic OH excluding ortho intramolecular Hbond substituents is 2. The lowest BCUT2D eigenvalue weighted by molar-refractivity contribution is -0.249. The molecule has 2 heterocycles. The van der Waals surface area contributed by atoms with Crippen molar-refractivity contribution in [3.8, 4) is 17.2 Å². The van der Waals surface area contributed by atoms with E-state index in [4.69, 9.17) is 14.2 Å². The number of nitrogens with one attached hydrogen (secondary N) is 6. The number of ketones is 3. The van der Waals surface area contributed by atoms with Gasteiger partial charge in [-0.3, -0.25) is 47.9 Å². The number of aliphatic hydroxyl groups is 3. The quantitative estimate of drug-likeness (QED) is 0.0428. The van der Waals surface area contributed by atoms with Gasteiger partial charge in [-0.25, -0.2) is 0 Å². The highest BCUT2D eigenvalue weighted by Crippen LogP contribution is 2.52. The largest absolute Gasteiger partial charge is 0.507 e. The second kappa shape index (κ2) is 27.9. The monoisotopic (exact) mass is 1180 g/mol. The first-order valence-electron chi connectivity index (χ1n) is 28.6. The molecule has 2 aliphatic carbocycles. The molecule has 0 spiro atoms. The van der Waals surface area contributed by atoms with E-state index in [-0.39, 0.29) is 78.6 Å². The Labute approximate surface area is 491 Å². The SMILES string of the molecule is COc1cccc2c1C(=O)c1c(O)c3c(c(O)c1C2=O)C[C@@](O)(C(=O)CO)C[C@@H]3O[C@H]1C[C@H](NC(=O)[C@H](CC(C)C)NC(=O)[C@H](CCc2ccccc2)NC(=O)CNC(=O)[C@H](CC(C)C)NC(=O)[C@@H]2CCCN2C(=O)CNC(C)=O)[C@H](O)[C@H](C)O1. The van der Waals surface area contributed by atoms with Gasteiger partial charge in [0.1, 0.15) is 59.7 Å². The fourth-order valence-corrected chi connectivity index (χ4v) is 11.5. The first-order valence-corrected chi connectivity index (χ1v) is 28.6. The second-order valence-electron chi connectivity index (χ2n) is 23.0. The molecule has 460 valence electrons. The van der Waals surface area contributed by atoms with E-state index in [2.05, 4.69) is 31.9 Å². The third kappa shape index (κ3) is 15.0. The fraction of sp³-hybridized carbons (Fsp3) is 0.533. The summed E-state index contributed by atoms with van der Waals surface area (Å²) in [5, 5.41) is 73.1. The minimum absolute atomic E-state index is 0.0110. The van der Waals surface area contributed by atoms with Crippen LogP contribution in [0, 0.1) is 11.8 Å². The van der Waals surface area contributed by atoms with Crippen molar-refractivity contribution in [3.05, 3.63) is 87.5 Å². The Balaban J connectivity index is 1.06. The number of Topliss-reactive ketones (excluding diaryl/α,β-unsaturated/α-hetero) is 1. The Kier molecular flexibility index (Phi) is 21.2. The molecule has 7 rings (SSSR count). The smallest absolute Gasteiger partial charge is 0.243 e. The maximum Gasteiger partial charge on any atom is 0.243 e. The van der Waals surface area contributed by atoms with Gasteiger partial charge in [0.25, 0.3) is 0 Å². The average Bonchev–Trinajstić information content (AvgIpc) is 1.72. The van der Waals surface area contributed by atoms with Gasteiger partial charge in [0, 0.05) is 49.4 Å². The van der Waals surface area contributed by atoms with Crippen molar-refractivity contribution >= 4 is 58.7 Å². The van der Waals surface area contributed by atoms with Crippen LogP contribution in [0.15, 0.2) is 48.5 Å². The highest BCUT2D eigenvalue weighted by molar-refractivity contribution is 6.31. The van der Waals surface area contributed by atoms with Crippen LogP contribution in [0.1, 0.15) is 141 Å². The first-order chi connectivity index (χ1) is 40.3. The van der Waals surface area contributed by atoms with Crippen molar-refractivity contribution in [1.82, 2.24) is 36.8 Å². The molecule has 4 aliphatic rings. The summed E-state index contributed by atoms with van der Waals surface area (Å²) < 4.78 is 17.8. The van der Waals surface area contributed by atoms with Gasteiger partial charge in [-0.1, -0.05) is 70.2 Å². The van der Waals surface area contributed by atoms with Crippen molar-refractivity contribution in [1.29, 1.82) is 0 Å². The molecule has 0 unspecified atom stereocenters. The summed E-state index contributed by atoms with van der Waals surface area (Å²) in [7, 11) is 1.28. The van der Waals surface area contributed by atoms with Gasteiger partial charge in [-0.2, -0.15) is 0 Å². The minimum Gasteiger partial charge on any atom is -0.507 e. The third-order valence-electron chi connectivity index (χ3n) is 15.8. The molecule has 2 saturated heterocycles. The van der Waals surface area contributed by atoms with Crippen LogP contribution in [0.2, 0.25) is 0 Å². The van der Waals surface area contributed by atoms with Gasteiger partial charge >= 0.3 is 0 Å². The summed E-state index contributed by atoms with van der Waals surface area (Å²) >= 11 is 0. The molecule has 10 atom stereocenters. The molecular weight excluding hydrogens is 1110 g/mol. The van der Waals surface area contributed by atoms with Crippen LogP contribution in [0.4, 0.5) is 0 Å². The Morgan fingerprint density at radius 2 is 1.47 bits per heavy atom. The van der Waals surface area contributed by atoms with Gasteiger partial charge in [0.2, 0.25) is 47.1 Å². The lowest BCUT2D eigenvalue weighted by Gasteiger charge is -2.43. The normalized spacial score (nSPS) is 22.7. The summed E-state index contributed by atoms with van der Waals surface area (Å²) in [5.41, 5.74) is -3.72. The number of carbonyl (C=O) groups excluding carboxylic acids is 10. The summed E-state index contributed by atoms with van der Waals surface area (Å²) in [6.07, 6.45) is -5.81. The Hall–Kier alpha value is -7.84. The van der Waals surface area contributed by atoms with E-state index in [9.17, 15) is 73.5 Å². The molecule has 0 bridgehead atoms. The number of amides is 7. The van der Waals surface area contributed by atoms with Gasteiger partial charge in [-0.05, 0) is 68.9 Å². The van der Waals surface area contributed by atoms with E-state index >= 15 is 0 Å². The lowest BCUT2D eigenvalue weighted by Crippen LogP contribution is -2.60. The number of likely N-dealkylation sites (tertiary alicyclic amines) is 1. The average molecular weight is 1180 g/mol. The zero-order valence-electron chi connectivity index (χ0n) is 48.7. The molecule has 85 heavy (non-hydrogen) atoms. The van der Waals surface area contributed by atoms with Crippen LogP contribution in [0.3, 0.4) is 0 Å². The van der Waals surface area contributed by atoms with Crippen LogP contribution < -0.4 is 36.6 Å². The number of aliphatic hydroxyl groups excluding tert-OH is 2. The number of fused-ring (bicyclic) bond motifs is 3. The summed E-state index contributed by atoms with van der Waals surface area (Å²) in [4.78, 5) is 137. The van der Waals surface area contributed by atoms with Crippen molar-refractivity contribution < 1.29 is 87.7 Å². The van der Waals surface area contributed by atoms with Crippen LogP contribution in [-0.4, -0.2) is 177 Å². The molecule has 7 amide bonds. The maximum absolute atomic E-state index is 14.5. The predicted octanol–water partition coefficient (Wildman–Crippen LogP) is 0.582. The highest BCUT2D eigenvalue weighted by Gasteiger charge is 2.51. The van der Waals surface area contributed by atoms with Crippen molar-refractivity contribution in [2.24, 2.45) is 11.8 Å². The molecule has 11 N–H and O–H groups in total. The number of ether oxygens (including phenoxy) is 3. The van der Waals surface area contributed by atoms with Crippen molar-refractivity contribution in [3.63, 3.8) is 0 Å². The van der Waals surface area contributed by atoms with E-state index < -0.39 is 168 Å². The molecule has 3 aromatic carbocycles. The Morgan fingerprint density at radius 1 is 0.800 bits per heavy atom. The maximum atomic E-state index is 14.5. The van der Waals surface area contributed by atoms with Gasteiger partial charge in [-0.15, -0.1) is 0 Å². The predicted molar refractivity (Wildman–Crippen MR) is 302 cm³/mol. The van der Waals surface area contributed by atoms with E-state index in [1.54, 1.807) is 26.0 Å². The number of carbonyl (C=O) groups is 10. The molecule has 0 saturated carbocycles. The lowest BCUT2D eigenvalue weighted by atomic mass is 9.72. The summed E-state index contributed by atoms with van der Waals surface area (Å²) in [5.74, 6) is -9.16. The summed E-state index contributed by atoms with van der Waals surface area (Å²) in [6.45, 7) is 8.25. The van der Waals surface area contributed by atoms with Crippen molar-refractivity contribution in [2.45, 2.75) is 160 Å². The number of aryl methyl sites for hydroxylation is 1. The van der Waals surface area contributed by atoms with E-state index in [0.29, 0.717) is 19.3 Å². The number of phenols is 2. The number of hydrogen-bond acceptors (Lipinski definition) is 18.